The average molecular weight is 269 g/mol. The number of ether oxygens (including phenoxy) is 2. The van der Waals surface area contributed by atoms with Crippen LogP contribution in [-0.2, 0) is 14.3 Å². The molecule has 0 aromatic carbocycles. The van der Waals surface area contributed by atoms with Crippen LogP contribution in [-0.4, -0.2) is 37.9 Å². The van der Waals surface area contributed by atoms with E-state index in [0.717, 1.165) is 39.0 Å². The molecule has 3 atom stereocenters. The third-order valence-electron chi connectivity index (χ3n) is 4.17. The first kappa shape index (κ1) is 14.8. The van der Waals surface area contributed by atoms with Crippen LogP contribution in [0.25, 0.3) is 0 Å². The van der Waals surface area contributed by atoms with E-state index in [-0.39, 0.29) is 12.0 Å². The maximum atomic E-state index is 11.9. The first-order chi connectivity index (χ1) is 9.16. The highest BCUT2D eigenvalue weighted by molar-refractivity contribution is 5.76. The SMILES string of the molecule is CC(C)[C@H]1OCC[C@@H]1CNC(=O)CC1CCCCO1. The predicted molar refractivity (Wildman–Crippen MR) is 73.9 cm³/mol. The van der Waals surface area contributed by atoms with Gasteiger partial charge in [-0.2, -0.15) is 0 Å². The van der Waals surface area contributed by atoms with Crippen LogP contribution in [0.15, 0.2) is 0 Å². The lowest BCUT2D eigenvalue weighted by Gasteiger charge is -2.24. The summed E-state index contributed by atoms with van der Waals surface area (Å²) >= 11 is 0. The summed E-state index contributed by atoms with van der Waals surface area (Å²) in [6, 6.07) is 0. The molecule has 0 aromatic rings. The molecule has 1 N–H and O–H groups in total. The van der Waals surface area contributed by atoms with Crippen LogP contribution in [0.4, 0.5) is 0 Å². The molecule has 2 aliphatic rings. The molecule has 2 aliphatic heterocycles. The van der Waals surface area contributed by atoms with Gasteiger partial charge in [0.2, 0.25) is 5.91 Å². The van der Waals surface area contributed by atoms with E-state index < -0.39 is 0 Å². The molecule has 19 heavy (non-hydrogen) atoms. The minimum atomic E-state index is 0.126. The minimum Gasteiger partial charge on any atom is -0.378 e. The largest absolute Gasteiger partial charge is 0.378 e. The van der Waals surface area contributed by atoms with Crippen molar-refractivity contribution < 1.29 is 14.3 Å². The summed E-state index contributed by atoms with van der Waals surface area (Å²) < 4.78 is 11.3. The molecule has 0 aliphatic carbocycles. The molecule has 1 unspecified atom stereocenters. The van der Waals surface area contributed by atoms with Crippen LogP contribution in [0.2, 0.25) is 0 Å². The summed E-state index contributed by atoms with van der Waals surface area (Å²) in [5, 5.41) is 3.06. The topological polar surface area (TPSA) is 47.6 Å². The lowest BCUT2D eigenvalue weighted by atomic mass is 9.93. The van der Waals surface area contributed by atoms with E-state index in [1.165, 1.54) is 6.42 Å². The van der Waals surface area contributed by atoms with Crippen molar-refractivity contribution in [2.45, 2.75) is 58.2 Å². The highest BCUT2D eigenvalue weighted by atomic mass is 16.5. The van der Waals surface area contributed by atoms with Gasteiger partial charge >= 0.3 is 0 Å². The van der Waals surface area contributed by atoms with Gasteiger partial charge in [-0.25, -0.2) is 0 Å². The molecule has 1 amide bonds. The summed E-state index contributed by atoms with van der Waals surface area (Å²) in [6.45, 7) is 6.74. The van der Waals surface area contributed by atoms with E-state index >= 15 is 0 Å². The maximum absolute atomic E-state index is 11.9. The summed E-state index contributed by atoms with van der Waals surface area (Å²) in [5.74, 6) is 1.11. The standard InChI is InChI=1S/C15H27NO3/c1-11(2)15-12(6-8-19-15)10-16-14(17)9-13-5-3-4-7-18-13/h11-13,15H,3-10H2,1-2H3,(H,16,17)/t12-,13?,15-/m1/s1. The Bertz CT molecular complexity index is 287. The summed E-state index contributed by atoms with van der Waals surface area (Å²) in [4.78, 5) is 11.9. The fourth-order valence-corrected chi connectivity index (χ4v) is 3.10. The van der Waals surface area contributed by atoms with Crippen molar-refractivity contribution in [1.29, 1.82) is 0 Å². The Morgan fingerprint density at radius 2 is 2.05 bits per heavy atom. The van der Waals surface area contributed by atoms with E-state index in [1.807, 2.05) is 0 Å². The second-order valence-electron chi connectivity index (χ2n) is 6.12. The average Bonchev–Trinajstić information content (AvgIpc) is 2.86. The molecule has 2 saturated heterocycles. The number of amides is 1. The van der Waals surface area contributed by atoms with Crippen LogP contribution < -0.4 is 5.32 Å². The molecule has 0 saturated carbocycles. The number of rotatable bonds is 5. The number of nitrogens with one attached hydrogen (secondary N) is 1. The van der Waals surface area contributed by atoms with Crippen molar-refractivity contribution in [3.63, 3.8) is 0 Å². The van der Waals surface area contributed by atoms with Gasteiger partial charge in [-0.3, -0.25) is 4.79 Å². The van der Waals surface area contributed by atoms with Gasteiger partial charge in [0.15, 0.2) is 0 Å². The zero-order valence-electron chi connectivity index (χ0n) is 12.2. The van der Waals surface area contributed by atoms with Crippen LogP contribution >= 0.6 is 0 Å². The van der Waals surface area contributed by atoms with Crippen LogP contribution in [0.5, 0.6) is 0 Å². The van der Waals surface area contributed by atoms with Crippen molar-refractivity contribution >= 4 is 5.91 Å². The molecule has 2 heterocycles. The van der Waals surface area contributed by atoms with Crippen LogP contribution in [0.3, 0.4) is 0 Å². The Balaban J connectivity index is 1.68. The third kappa shape index (κ3) is 4.46. The Morgan fingerprint density at radius 3 is 2.74 bits per heavy atom. The fraction of sp³-hybridized carbons (Fsp3) is 0.933. The van der Waals surface area contributed by atoms with E-state index in [1.54, 1.807) is 0 Å². The number of carbonyl (C=O) groups is 1. The molecule has 0 spiro atoms. The molecule has 2 fully saturated rings. The fourth-order valence-electron chi connectivity index (χ4n) is 3.10. The van der Waals surface area contributed by atoms with Crippen molar-refractivity contribution in [1.82, 2.24) is 5.32 Å². The van der Waals surface area contributed by atoms with E-state index in [4.69, 9.17) is 9.47 Å². The van der Waals surface area contributed by atoms with E-state index in [9.17, 15) is 4.79 Å². The number of carbonyl (C=O) groups excluding carboxylic acids is 1. The quantitative estimate of drug-likeness (QED) is 0.831. The molecule has 0 aromatic heterocycles. The van der Waals surface area contributed by atoms with Crippen molar-refractivity contribution in [3.8, 4) is 0 Å². The molecular weight excluding hydrogens is 242 g/mol. The Kier molecular flexibility index (Phi) is 5.64. The second kappa shape index (κ2) is 7.25. The molecule has 110 valence electrons. The van der Waals surface area contributed by atoms with Crippen molar-refractivity contribution in [2.24, 2.45) is 11.8 Å². The van der Waals surface area contributed by atoms with Crippen molar-refractivity contribution in [3.05, 3.63) is 0 Å². The molecular formula is C15H27NO3. The van der Waals surface area contributed by atoms with E-state index in [2.05, 4.69) is 19.2 Å². The molecule has 0 radical (unpaired) electrons. The zero-order valence-corrected chi connectivity index (χ0v) is 12.2. The van der Waals surface area contributed by atoms with Gasteiger partial charge in [0, 0.05) is 25.7 Å². The van der Waals surface area contributed by atoms with Gasteiger partial charge in [-0.1, -0.05) is 13.8 Å². The van der Waals surface area contributed by atoms with Gasteiger partial charge in [0.1, 0.15) is 0 Å². The van der Waals surface area contributed by atoms with Crippen molar-refractivity contribution in [2.75, 3.05) is 19.8 Å². The summed E-state index contributed by atoms with van der Waals surface area (Å²) in [5.41, 5.74) is 0. The normalized spacial score (nSPS) is 31.6. The molecule has 0 bridgehead atoms. The van der Waals surface area contributed by atoms with Crippen LogP contribution in [0, 0.1) is 11.8 Å². The second-order valence-corrected chi connectivity index (χ2v) is 6.12. The Morgan fingerprint density at radius 1 is 1.21 bits per heavy atom. The molecule has 4 nitrogen and oxygen atoms in total. The molecule has 4 heteroatoms. The highest BCUT2D eigenvalue weighted by Gasteiger charge is 2.30. The van der Waals surface area contributed by atoms with Gasteiger partial charge < -0.3 is 14.8 Å². The first-order valence-corrected chi connectivity index (χ1v) is 7.66. The van der Waals surface area contributed by atoms with E-state index in [0.29, 0.717) is 24.4 Å². The number of hydrogen-bond donors (Lipinski definition) is 1. The maximum Gasteiger partial charge on any atom is 0.222 e. The first-order valence-electron chi connectivity index (χ1n) is 7.66. The predicted octanol–water partition coefficient (Wildman–Crippen LogP) is 2.12. The minimum absolute atomic E-state index is 0.126. The van der Waals surface area contributed by atoms with Gasteiger partial charge in [-0.05, 0) is 31.6 Å². The Hall–Kier alpha value is -0.610. The summed E-state index contributed by atoms with van der Waals surface area (Å²) in [7, 11) is 0. The highest BCUT2D eigenvalue weighted by Crippen LogP contribution is 2.26. The zero-order chi connectivity index (χ0) is 13.7. The van der Waals surface area contributed by atoms with Gasteiger partial charge in [-0.15, -0.1) is 0 Å². The number of hydrogen-bond acceptors (Lipinski definition) is 3. The lowest BCUT2D eigenvalue weighted by Crippen LogP contribution is -2.37. The summed E-state index contributed by atoms with van der Waals surface area (Å²) in [6.07, 6.45) is 5.34. The lowest BCUT2D eigenvalue weighted by molar-refractivity contribution is -0.125. The Labute approximate surface area is 116 Å². The smallest absolute Gasteiger partial charge is 0.222 e. The van der Waals surface area contributed by atoms with Gasteiger partial charge in [0.05, 0.1) is 18.6 Å². The third-order valence-corrected chi connectivity index (χ3v) is 4.17. The monoisotopic (exact) mass is 269 g/mol. The van der Waals surface area contributed by atoms with Gasteiger partial charge in [0.25, 0.3) is 0 Å². The van der Waals surface area contributed by atoms with Crippen LogP contribution in [0.1, 0.15) is 46.0 Å². The molecule has 2 rings (SSSR count).